The molecular weight excluding hydrogens is 216 g/mol. The van der Waals surface area contributed by atoms with Crippen LogP contribution < -0.4 is 15.4 Å². The number of hydrogen-bond donors (Lipinski definition) is 2. The summed E-state index contributed by atoms with van der Waals surface area (Å²) in [6.45, 7) is 2.33. The van der Waals surface area contributed by atoms with Crippen molar-refractivity contribution in [2.24, 2.45) is 0 Å². The number of carbonyl (C=O) groups is 1. The lowest BCUT2D eigenvalue weighted by molar-refractivity contribution is -0.123. The van der Waals surface area contributed by atoms with E-state index < -0.39 is 0 Å². The number of para-hydroxylation sites is 1. The molecule has 0 saturated carbocycles. The zero-order valence-electron chi connectivity index (χ0n) is 9.61. The third kappa shape index (κ3) is 2.00. The lowest BCUT2D eigenvalue weighted by atomic mass is 10.00. The fourth-order valence-electron chi connectivity index (χ4n) is 2.46. The molecule has 17 heavy (non-hydrogen) atoms. The van der Waals surface area contributed by atoms with Crippen molar-refractivity contribution in [3.63, 3.8) is 0 Å². The zero-order valence-corrected chi connectivity index (χ0v) is 9.61. The van der Waals surface area contributed by atoms with Gasteiger partial charge >= 0.3 is 0 Å². The van der Waals surface area contributed by atoms with Crippen LogP contribution in [0.2, 0.25) is 0 Å². The SMILES string of the molecule is O=C(N[C@H]1CCNC1)C1COc2ccccc21. The summed E-state index contributed by atoms with van der Waals surface area (Å²) in [5.74, 6) is 0.785. The molecule has 1 aromatic carbocycles. The normalized spacial score (nSPS) is 26.4. The van der Waals surface area contributed by atoms with Crippen LogP contribution in [0.1, 0.15) is 17.9 Å². The highest BCUT2D eigenvalue weighted by atomic mass is 16.5. The van der Waals surface area contributed by atoms with Crippen LogP contribution in [0.3, 0.4) is 0 Å². The Hall–Kier alpha value is -1.55. The maximum absolute atomic E-state index is 12.1. The first-order chi connectivity index (χ1) is 8.34. The van der Waals surface area contributed by atoms with Gasteiger partial charge in [0.05, 0.1) is 0 Å². The Morgan fingerprint density at radius 2 is 2.29 bits per heavy atom. The zero-order chi connectivity index (χ0) is 11.7. The molecule has 0 aromatic heterocycles. The van der Waals surface area contributed by atoms with E-state index in [0.29, 0.717) is 6.61 Å². The fourth-order valence-corrected chi connectivity index (χ4v) is 2.46. The summed E-state index contributed by atoms with van der Waals surface area (Å²) in [4.78, 5) is 12.1. The Balaban J connectivity index is 1.71. The van der Waals surface area contributed by atoms with Gasteiger partial charge in [-0.1, -0.05) is 18.2 Å². The second-order valence-corrected chi connectivity index (χ2v) is 4.60. The molecule has 0 radical (unpaired) electrons. The number of ether oxygens (including phenoxy) is 1. The number of amides is 1. The smallest absolute Gasteiger partial charge is 0.231 e. The van der Waals surface area contributed by atoms with Crippen molar-refractivity contribution in [1.82, 2.24) is 10.6 Å². The van der Waals surface area contributed by atoms with Crippen molar-refractivity contribution in [1.29, 1.82) is 0 Å². The minimum Gasteiger partial charge on any atom is -0.492 e. The summed E-state index contributed by atoms with van der Waals surface area (Å²) in [6, 6.07) is 8.04. The summed E-state index contributed by atoms with van der Waals surface area (Å²) in [5.41, 5.74) is 1.01. The van der Waals surface area contributed by atoms with Gasteiger partial charge in [0.2, 0.25) is 5.91 Å². The molecule has 1 amide bonds. The first kappa shape index (κ1) is 10.6. The van der Waals surface area contributed by atoms with Gasteiger partial charge in [0.1, 0.15) is 18.3 Å². The fraction of sp³-hybridized carbons (Fsp3) is 0.462. The Bertz CT molecular complexity index is 427. The van der Waals surface area contributed by atoms with Crippen LogP contribution in [0.25, 0.3) is 0 Å². The maximum atomic E-state index is 12.1. The average molecular weight is 232 g/mol. The summed E-state index contributed by atoms with van der Waals surface area (Å²) in [6.07, 6.45) is 1.01. The van der Waals surface area contributed by atoms with Gasteiger partial charge in [-0.05, 0) is 19.0 Å². The molecule has 2 aliphatic rings. The second kappa shape index (κ2) is 4.37. The van der Waals surface area contributed by atoms with Crippen LogP contribution in [0, 0.1) is 0 Å². The molecule has 1 unspecified atom stereocenters. The highest BCUT2D eigenvalue weighted by Crippen LogP contribution is 2.33. The van der Waals surface area contributed by atoms with Crippen LogP contribution in [0.15, 0.2) is 24.3 Å². The minimum atomic E-state index is -0.146. The van der Waals surface area contributed by atoms with Crippen molar-refractivity contribution in [2.75, 3.05) is 19.7 Å². The molecule has 2 N–H and O–H groups in total. The molecule has 2 heterocycles. The predicted octanol–water partition coefficient (Wildman–Crippen LogP) is 0.641. The number of rotatable bonds is 2. The Labute approximate surface area is 100 Å². The first-order valence-corrected chi connectivity index (χ1v) is 6.07. The van der Waals surface area contributed by atoms with Crippen molar-refractivity contribution in [3.05, 3.63) is 29.8 Å². The third-order valence-corrected chi connectivity index (χ3v) is 3.42. The average Bonchev–Trinajstić information content (AvgIpc) is 2.96. The predicted molar refractivity (Wildman–Crippen MR) is 64.1 cm³/mol. The summed E-state index contributed by atoms with van der Waals surface area (Å²) >= 11 is 0. The number of benzene rings is 1. The van der Waals surface area contributed by atoms with Crippen LogP contribution >= 0.6 is 0 Å². The van der Waals surface area contributed by atoms with Gasteiger partial charge < -0.3 is 15.4 Å². The van der Waals surface area contributed by atoms with Crippen molar-refractivity contribution in [3.8, 4) is 5.75 Å². The molecular formula is C13H16N2O2. The van der Waals surface area contributed by atoms with E-state index in [9.17, 15) is 4.79 Å². The minimum absolute atomic E-state index is 0.0867. The van der Waals surface area contributed by atoms with E-state index in [1.54, 1.807) is 0 Å². The van der Waals surface area contributed by atoms with Crippen molar-refractivity contribution >= 4 is 5.91 Å². The van der Waals surface area contributed by atoms with E-state index in [1.807, 2.05) is 24.3 Å². The van der Waals surface area contributed by atoms with Crippen molar-refractivity contribution < 1.29 is 9.53 Å². The third-order valence-electron chi connectivity index (χ3n) is 3.42. The Morgan fingerprint density at radius 1 is 1.41 bits per heavy atom. The molecule has 4 heteroatoms. The summed E-state index contributed by atoms with van der Waals surface area (Å²) < 4.78 is 5.52. The second-order valence-electron chi connectivity index (χ2n) is 4.60. The van der Waals surface area contributed by atoms with E-state index in [0.717, 1.165) is 30.8 Å². The lowest BCUT2D eigenvalue weighted by Crippen LogP contribution is -2.39. The number of hydrogen-bond acceptors (Lipinski definition) is 3. The quantitative estimate of drug-likeness (QED) is 0.786. The number of nitrogens with one attached hydrogen (secondary N) is 2. The highest BCUT2D eigenvalue weighted by molar-refractivity contribution is 5.85. The molecule has 1 aromatic rings. The van der Waals surface area contributed by atoms with Gasteiger partial charge in [-0.15, -0.1) is 0 Å². The molecule has 3 rings (SSSR count). The molecule has 2 aliphatic heterocycles. The van der Waals surface area contributed by atoms with E-state index >= 15 is 0 Å². The van der Waals surface area contributed by atoms with Crippen LogP contribution in [-0.4, -0.2) is 31.6 Å². The van der Waals surface area contributed by atoms with Crippen LogP contribution in [-0.2, 0) is 4.79 Å². The lowest BCUT2D eigenvalue weighted by Gasteiger charge is -2.14. The van der Waals surface area contributed by atoms with E-state index in [4.69, 9.17) is 4.74 Å². The summed E-state index contributed by atoms with van der Waals surface area (Å²) in [5, 5.41) is 6.32. The molecule has 90 valence electrons. The van der Waals surface area contributed by atoms with Gasteiger partial charge in [-0.2, -0.15) is 0 Å². The highest BCUT2D eigenvalue weighted by Gasteiger charge is 2.31. The molecule has 1 fully saturated rings. The van der Waals surface area contributed by atoms with E-state index in [2.05, 4.69) is 10.6 Å². The van der Waals surface area contributed by atoms with Gasteiger partial charge in [0.25, 0.3) is 0 Å². The van der Waals surface area contributed by atoms with Crippen LogP contribution in [0.5, 0.6) is 5.75 Å². The molecule has 1 saturated heterocycles. The Kier molecular flexibility index (Phi) is 2.73. The Morgan fingerprint density at radius 3 is 3.12 bits per heavy atom. The van der Waals surface area contributed by atoms with Gasteiger partial charge in [0.15, 0.2) is 0 Å². The monoisotopic (exact) mass is 232 g/mol. The van der Waals surface area contributed by atoms with Crippen LogP contribution in [0.4, 0.5) is 0 Å². The maximum Gasteiger partial charge on any atom is 0.231 e. The topological polar surface area (TPSA) is 50.4 Å². The molecule has 0 aliphatic carbocycles. The molecule has 4 nitrogen and oxygen atoms in total. The van der Waals surface area contributed by atoms with Crippen molar-refractivity contribution in [2.45, 2.75) is 18.4 Å². The standard InChI is InChI=1S/C13H16N2O2/c16-13(15-9-5-6-14-7-9)11-8-17-12-4-2-1-3-10(11)12/h1-4,9,11,14H,5-8H2,(H,15,16)/t9-,11?/m0/s1. The molecule has 2 atom stereocenters. The molecule has 0 spiro atoms. The number of fused-ring (bicyclic) bond motifs is 1. The summed E-state index contributed by atoms with van der Waals surface area (Å²) in [7, 11) is 0. The largest absolute Gasteiger partial charge is 0.492 e. The van der Waals surface area contributed by atoms with Gasteiger partial charge in [-0.3, -0.25) is 4.79 Å². The van der Waals surface area contributed by atoms with E-state index in [1.165, 1.54) is 0 Å². The van der Waals surface area contributed by atoms with E-state index in [-0.39, 0.29) is 17.9 Å². The van der Waals surface area contributed by atoms with Gasteiger partial charge in [-0.25, -0.2) is 0 Å². The molecule has 0 bridgehead atoms. The van der Waals surface area contributed by atoms with Gasteiger partial charge in [0, 0.05) is 18.2 Å². The number of carbonyl (C=O) groups excluding carboxylic acids is 1. The first-order valence-electron chi connectivity index (χ1n) is 6.07.